The molecular weight excluding hydrogens is 344 g/mol. The Morgan fingerprint density at radius 2 is 1.70 bits per heavy atom. The van der Waals surface area contributed by atoms with Gasteiger partial charge >= 0.3 is 5.97 Å². The summed E-state index contributed by atoms with van der Waals surface area (Å²) >= 11 is 0. The highest BCUT2D eigenvalue weighted by Crippen LogP contribution is 2.26. The molecule has 2 aromatic rings. The summed E-state index contributed by atoms with van der Waals surface area (Å²) < 4.78 is 5.53. The van der Waals surface area contributed by atoms with Crippen molar-refractivity contribution in [2.24, 2.45) is 0 Å². The maximum atomic E-state index is 12.8. The SMILES string of the molecule is O=C(O[C@@H]1C[C@H]2C(=O)N[C@@H](Cc3ccccc3)C(=O)N2C1)c1ccccc1. The molecule has 2 amide bonds. The highest BCUT2D eigenvalue weighted by Gasteiger charge is 2.47. The quantitative estimate of drug-likeness (QED) is 0.836. The lowest BCUT2D eigenvalue weighted by atomic mass is 10.0. The van der Waals surface area contributed by atoms with E-state index < -0.39 is 24.2 Å². The van der Waals surface area contributed by atoms with Crippen molar-refractivity contribution >= 4 is 17.8 Å². The fourth-order valence-corrected chi connectivity index (χ4v) is 3.69. The van der Waals surface area contributed by atoms with Crippen LogP contribution in [-0.2, 0) is 20.7 Å². The first-order valence-electron chi connectivity index (χ1n) is 9.02. The Morgan fingerprint density at radius 3 is 2.41 bits per heavy atom. The zero-order valence-corrected chi connectivity index (χ0v) is 14.7. The van der Waals surface area contributed by atoms with Gasteiger partial charge in [0.15, 0.2) is 0 Å². The van der Waals surface area contributed by atoms with Crippen molar-refractivity contribution < 1.29 is 19.1 Å². The summed E-state index contributed by atoms with van der Waals surface area (Å²) in [6.45, 7) is 0.251. The van der Waals surface area contributed by atoms with Crippen LogP contribution >= 0.6 is 0 Å². The number of benzene rings is 2. The fourth-order valence-electron chi connectivity index (χ4n) is 3.69. The van der Waals surface area contributed by atoms with Crippen molar-refractivity contribution in [2.45, 2.75) is 31.0 Å². The van der Waals surface area contributed by atoms with Crippen LogP contribution in [-0.4, -0.2) is 47.4 Å². The van der Waals surface area contributed by atoms with Gasteiger partial charge in [0.1, 0.15) is 18.2 Å². The summed E-state index contributed by atoms with van der Waals surface area (Å²) in [6.07, 6.45) is 0.296. The van der Waals surface area contributed by atoms with Gasteiger partial charge in [0.25, 0.3) is 0 Å². The molecular formula is C21H20N2O4. The predicted molar refractivity (Wildman–Crippen MR) is 97.8 cm³/mol. The summed E-state index contributed by atoms with van der Waals surface area (Å²) in [7, 11) is 0. The molecule has 0 saturated carbocycles. The number of rotatable bonds is 4. The third-order valence-corrected chi connectivity index (χ3v) is 5.03. The zero-order chi connectivity index (χ0) is 18.8. The molecule has 0 bridgehead atoms. The van der Waals surface area contributed by atoms with Gasteiger partial charge in [0, 0.05) is 12.8 Å². The Balaban J connectivity index is 1.43. The van der Waals surface area contributed by atoms with E-state index in [0.29, 0.717) is 18.4 Å². The topological polar surface area (TPSA) is 75.7 Å². The molecule has 2 aliphatic heterocycles. The van der Waals surface area contributed by atoms with Gasteiger partial charge in [-0.15, -0.1) is 0 Å². The highest BCUT2D eigenvalue weighted by molar-refractivity contribution is 5.98. The van der Waals surface area contributed by atoms with Crippen molar-refractivity contribution in [2.75, 3.05) is 6.54 Å². The molecule has 27 heavy (non-hydrogen) atoms. The number of carbonyl (C=O) groups excluding carboxylic acids is 3. The lowest BCUT2D eigenvalue weighted by molar-refractivity contribution is -0.147. The van der Waals surface area contributed by atoms with E-state index in [-0.39, 0.29) is 18.4 Å². The first kappa shape index (κ1) is 17.3. The average Bonchev–Trinajstić information content (AvgIpc) is 3.12. The molecule has 6 nitrogen and oxygen atoms in total. The molecule has 2 heterocycles. The predicted octanol–water partition coefficient (Wildman–Crippen LogP) is 1.55. The van der Waals surface area contributed by atoms with Crippen molar-refractivity contribution in [1.82, 2.24) is 10.2 Å². The second-order valence-electron chi connectivity index (χ2n) is 6.89. The van der Waals surface area contributed by atoms with Crippen LogP contribution < -0.4 is 5.32 Å². The van der Waals surface area contributed by atoms with Gasteiger partial charge in [-0.25, -0.2) is 4.79 Å². The summed E-state index contributed by atoms with van der Waals surface area (Å²) in [5, 5.41) is 2.82. The molecule has 138 valence electrons. The van der Waals surface area contributed by atoms with E-state index in [9.17, 15) is 14.4 Å². The van der Waals surface area contributed by atoms with Gasteiger partial charge in [-0.1, -0.05) is 48.5 Å². The Kier molecular flexibility index (Phi) is 4.62. The zero-order valence-electron chi connectivity index (χ0n) is 14.7. The molecule has 2 aliphatic rings. The van der Waals surface area contributed by atoms with Crippen LogP contribution in [0, 0.1) is 0 Å². The van der Waals surface area contributed by atoms with E-state index in [1.54, 1.807) is 29.2 Å². The van der Waals surface area contributed by atoms with E-state index in [1.165, 1.54) is 0 Å². The Hall–Kier alpha value is -3.15. The summed E-state index contributed by atoms with van der Waals surface area (Å²) in [4.78, 5) is 39.1. The Morgan fingerprint density at radius 1 is 1.04 bits per heavy atom. The number of nitrogens with zero attached hydrogens (tertiary/aromatic N) is 1. The van der Waals surface area contributed by atoms with Gasteiger partial charge in [-0.05, 0) is 17.7 Å². The van der Waals surface area contributed by atoms with Crippen molar-refractivity contribution in [3.63, 3.8) is 0 Å². The van der Waals surface area contributed by atoms with E-state index in [2.05, 4.69) is 5.32 Å². The number of carbonyl (C=O) groups is 3. The van der Waals surface area contributed by atoms with Gasteiger partial charge in [-0.3, -0.25) is 9.59 Å². The summed E-state index contributed by atoms with van der Waals surface area (Å²) in [5.74, 6) is -0.746. The van der Waals surface area contributed by atoms with Gasteiger partial charge in [-0.2, -0.15) is 0 Å². The molecule has 4 rings (SSSR count). The number of hydrogen-bond acceptors (Lipinski definition) is 4. The van der Waals surface area contributed by atoms with E-state index >= 15 is 0 Å². The van der Waals surface area contributed by atoms with Crippen LogP contribution in [0.15, 0.2) is 60.7 Å². The maximum absolute atomic E-state index is 12.8. The van der Waals surface area contributed by atoms with Crippen LogP contribution in [0.5, 0.6) is 0 Å². The number of amides is 2. The largest absolute Gasteiger partial charge is 0.457 e. The van der Waals surface area contributed by atoms with E-state index in [4.69, 9.17) is 4.74 Å². The molecule has 1 N–H and O–H groups in total. The van der Waals surface area contributed by atoms with Gasteiger partial charge in [0.2, 0.25) is 11.8 Å². The minimum atomic E-state index is -0.584. The molecule has 2 saturated heterocycles. The number of nitrogens with one attached hydrogen (secondary N) is 1. The maximum Gasteiger partial charge on any atom is 0.338 e. The van der Waals surface area contributed by atoms with E-state index in [0.717, 1.165) is 5.56 Å². The molecule has 0 aliphatic carbocycles. The number of piperazine rings is 1. The number of fused-ring (bicyclic) bond motifs is 1. The van der Waals surface area contributed by atoms with Crippen LogP contribution in [0.3, 0.4) is 0 Å². The molecule has 2 fully saturated rings. The van der Waals surface area contributed by atoms with E-state index in [1.807, 2.05) is 36.4 Å². The molecule has 0 radical (unpaired) electrons. The highest BCUT2D eigenvalue weighted by atomic mass is 16.5. The van der Waals surface area contributed by atoms with Crippen LogP contribution in [0.25, 0.3) is 0 Å². The van der Waals surface area contributed by atoms with Gasteiger partial charge < -0.3 is 15.0 Å². The first-order chi connectivity index (χ1) is 13.1. The lowest BCUT2D eigenvalue weighted by Crippen LogP contribution is -2.61. The molecule has 2 aromatic carbocycles. The molecule has 6 heteroatoms. The van der Waals surface area contributed by atoms with Crippen LogP contribution in [0.4, 0.5) is 0 Å². The van der Waals surface area contributed by atoms with Crippen molar-refractivity contribution in [3.05, 3.63) is 71.8 Å². The smallest absolute Gasteiger partial charge is 0.338 e. The number of esters is 1. The first-order valence-corrected chi connectivity index (χ1v) is 9.02. The minimum absolute atomic E-state index is 0.123. The second-order valence-corrected chi connectivity index (χ2v) is 6.89. The molecule has 0 aromatic heterocycles. The van der Waals surface area contributed by atoms with Crippen molar-refractivity contribution in [3.8, 4) is 0 Å². The standard InChI is InChI=1S/C21H20N2O4/c24-19-18-12-16(27-21(26)15-9-5-2-6-10-15)13-23(18)20(25)17(22-19)11-14-7-3-1-4-8-14/h1-10,16-18H,11-13H2,(H,22,24)/t16-,17+,18+/m1/s1. The third kappa shape index (κ3) is 3.56. The monoisotopic (exact) mass is 364 g/mol. The number of hydrogen-bond donors (Lipinski definition) is 1. The van der Waals surface area contributed by atoms with Crippen molar-refractivity contribution in [1.29, 1.82) is 0 Å². The summed E-state index contributed by atoms with van der Waals surface area (Å²) in [5.41, 5.74) is 1.45. The molecule has 0 unspecified atom stereocenters. The van der Waals surface area contributed by atoms with Crippen LogP contribution in [0.1, 0.15) is 22.3 Å². The Labute approximate surface area is 157 Å². The second kappa shape index (κ2) is 7.23. The Bertz CT molecular complexity index is 853. The lowest BCUT2D eigenvalue weighted by Gasteiger charge is -2.34. The number of ether oxygens (including phenoxy) is 1. The third-order valence-electron chi connectivity index (χ3n) is 5.03. The van der Waals surface area contributed by atoms with Crippen LogP contribution in [0.2, 0.25) is 0 Å². The molecule has 3 atom stereocenters. The average molecular weight is 364 g/mol. The minimum Gasteiger partial charge on any atom is -0.457 e. The van der Waals surface area contributed by atoms with Gasteiger partial charge in [0.05, 0.1) is 12.1 Å². The normalized spacial score (nSPS) is 24.3. The fraction of sp³-hybridized carbons (Fsp3) is 0.286. The molecule has 0 spiro atoms. The summed E-state index contributed by atoms with van der Waals surface area (Å²) in [6, 6.07) is 17.1.